The van der Waals surface area contributed by atoms with Crippen LogP contribution in [0.25, 0.3) is 0 Å². The number of benzene rings is 1. The molecule has 0 radical (unpaired) electrons. The van der Waals surface area contributed by atoms with Crippen molar-refractivity contribution in [3.63, 3.8) is 0 Å². The molecule has 0 aliphatic rings. The molecule has 1 N–H and O–H groups in total. The number of unbranched alkanes of at least 4 members (excludes halogenated alkanes) is 3. The normalized spacial score (nSPS) is 10.7. The van der Waals surface area contributed by atoms with E-state index in [9.17, 15) is 10.1 Å². The molecule has 6 heteroatoms. The molecular formula is C14H21ClN2O2S. The van der Waals surface area contributed by atoms with Gasteiger partial charge in [-0.05, 0) is 43.0 Å². The van der Waals surface area contributed by atoms with Gasteiger partial charge in [-0.2, -0.15) is 11.8 Å². The Balaban J connectivity index is 2.22. The zero-order valence-electron chi connectivity index (χ0n) is 11.7. The van der Waals surface area contributed by atoms with Gasteiger partial charge < -0.3 is 5.32 Å². The number of nitro groups is 1. The number of halogens is 1. The molecule has 1 rings (SSSR count). The summed E-state index contributed by atoms with van der Waals surface area (Å²) in [6, 6.07) is 4.94. The molecule has 20 heavy (non-hydrogen) atoms. The minimum Gasteiger partial charge on any atom is -0.313 e. The van der Waals surface area contributed by atoms with E-state index in [2.05, 4.69) is 11.6 Å². The molecule has 0 saturated carbocycles. The Kier molecular flexibility index (Phi) is 8.65. The highest BCUT2D eigenvalue weighted by Crippen LogP contribution is 2.24. The van der Waals surface area contributed by atoms with Gasteiger partial charge in [-0.25, -0.2) is 0 Å². The highest BCUT2D eigenvalue weighted by molar-refractivity contribution is 7.98. The zero-order valence-corrected chi connectivity index (χ0v) is 13.3. The third-order valence-corrected chi connectivity index (χ3v) is 4.00. The second kappa shape index (κ2) is 10.0. The molecule has 1 aromatic rings. The van der Waals surface area contributed by atoms with Crippen molar-refractivity contribution in [1.82, 2.24) is 5.32 Å². The van der Waals surface area contributed by atoms with Crippen LogP contribution in [0.1, 0.15) is 31.2 Å². The van der Waals surface area contributed by atoms with Gasteiger partial charge in [-0.15, -0.1) is 0 Å². The first-order valence-corrected chi connectivity index (χ1v) is 8.55. The highest BCUT2D eigenvalue weighted by Gasteiger charge is 2.12. The van der Waals surface area contributed by atoms with Crippen molar-refractivity contribution in [3.8, 4) is 0 Å². The van der Waals surface area contributed by atoms with Crippen molar-refractivity contribution in [2.75, 3.05) is 18.6 Å². The lowest BCUT2D eigenvalue weighted by atomic mass is 10.2. The summed E-state index contributed by atoms with van der Waals surface area (Å²) in [6.07, 6.45) is 7.06. The summed E-state index contributed by atoms with van der Waals surface area (Å²) in [5, 5.41) is 14.3. The SMILES string of the molecule is CSCCCCCCNCc1ccc(Cl)c([N+](=O)[O-])c1. The lowest BCUT2D eigenvalue weighted by molar-refractivity contribution is -0.384. The first-order chi connectivity index (χ1) is 9.65. The maximum atomic E-state index is 10.8. The molecule has 4 nitrogen and oxygen atoms in total. The van der Waals surface area contributed by atoms with Crippen LogP contribution >= 0.6 is 23.4 Å². The van der Waals surface area contributed by atoms with E-state index in [0.717, 1.165) is 18.5 Å². The summed E-state index contributed by atoms with van der Waals surface area (Å²) in [5.74, 6) is 1.24. The lowest BCUT2D eigenvalue weighted by Crippen LogP contribution is -2.14. The van der Waals surface area contributed by atoms with Gasteiger partial charge in [0.1, 0.15) is 5.02 Å². The molecule has 0 aliphatic carbocycles. The van der Waals surface area contributed by atoms with Crippen LogP contribution < -0.4 is 5.32 Å². The van der Waals surface area contributed by atoms with Crippen LogP contribution in [-0.2, 0) is 6.54 Å². The molecule has 0 aromatic heterocycles. The molecule has 0 fully saturated rings. The van der Waals surface area contributed by atoms with Crippen molar-refractivity contribution in [1.29, 1.82) is 0 Å². The number of thioether (sulfide) groups is 1. The van der Waals surface area contributed by atoms with Crippen LogP contribution in [-0.4, -0.2) is 23.5 Å². The molecule has 0 saturated heterocycles. The number of nitrogens with zero attached hydrogens (tertiary/aromatic N) is 1. The maximum Gasteiger partial charge on any atom is 0.288 e. The Labute approximate surface area is 129 Å². The fraction of sp³-hybridized carbons (Fsp3) is 0.571. The van der Waals surface area contributed by atoms with Gasteiger partial charge in [0, 0.05) is 12.6 Å². The van der Waals surface area contributed by atoms with Crippen LogP contribution in [0.4, 0.5) is 5.69 Å². The third kappa shape index (κ3) is 6.59. The number of nitrogens with one attached hydrogen (secondary N) is 1. The molecule has 0 aliphatic heterocycles. The zero-order chi connectivity index (χ0) is 14.8. The molecule has 0 unspecified atom stereocenters. The molecule has 112 valence electrons. The van der Waals surface area contributed by atoms with Crippen molar-refractivity contribution in [2.45, 2.75) is 32.2 Å². The largest absolute Gasteiger partial charge is 0.313 e. The number of rotatable bonds is 10. The molecule has 0 heterocycles. The second-order valence-electron chi connectivity index (χ2n) is 4.63. The number of hydrogen-bond acceptors (Lipinski definition) is 4. The molecule has 0 atom stereocenters. The van der Waals surface area contributed by atoms with E-state index < -0.39 is 4.92 Å². The fourth-order valence-corrected chi connectivity index (χ4v) is 2.57. The molecule has 1 aromatic carbocycles. The molecule has 0 bridgehead atoms. The van der Waals surface area contributed by atoms with Crippen molar-refractivity contribution >= 4 is 29.1 Å². The van der Waals surface area contributed by atoms with E-state index in [1.54, 1.807) is 6.07 Å². The molecule has 0 amide bonds. The van der Waals surface area contributed by atoms with E-state index in [1.807, 2.05) is 17.8 Å². The highest BCUT2D eigenvalue weighted by atomic mass is 35.5. The van der Waals surface area contributed by atoms with E-state index in [-0.39, 0.29) is 10.7 Å². The predicted molar refractivity (Wildman–Crippen MR) is 86.7 cm³/mol. The summed E-state index contributed by atoms with van der Waals surface area (Å²) in [4.78, 5) is 10.3. The minimum absolute atomic E-state index is 0.0250. The summed E-state index contributed by atoms with van der Waals surface area (Å²) in [6.45, 7) is 1.58. The Hall–Kier alpha value is -0.780. The first kappa shape index (κ1) is 17.3. The number of nitro benzene ring substituents is 1. The van der Waals surface area contributed by atoms with Crippen molar-refractivity contribution < 1.29 is 4.92 Å². The third-order valence-electron chi connectivity index (χ3n) is 2.99. The van der Waals surface area contributed by atoms with Crippen LogP contribution in [0, 0.1) is 10.1 Å². The fourth-order valence-electron chi connectivity index (χ4n) is 1.89. The van der Waals surface area contributed by atoms with Gasteiger partial charge in [-0.3, -0.25) is 10.1 Å². The van der Waals surface area contributed by atoms with Crippen LogP contribution in [0.3, 0.4) is 0 Å². The van der Waals surface area contributed by atoms with Gasteiger partial charge in [0.05, 0.1) is 4.92 Å². The Morgan fingerprint density at radius 2 is 2.05 bits per heavy atom. The minimum atomic E-state index is -0.447. The lowest BCUT2D eigenvalue weighted by Gasteiger charge is -2.05. The predicted octanol–water partition coefficient (Wildman–Crippen LogP) is 4.26. The van der Waals surface area contributed by atoms with E-state index in [4.69, 9.17) is 11.6 Å². The van der Waals surface area contributed by atoms with Gasteiger partial charge in [0.15, 0.2) is 0 Å². The van der Waals surface area contributed by atoms with Crippen LogP contribution in [0.15, 0.2) is 18.2 Å². The topological polar surface area (TPSA) is 55.2 Å². The summed E-state index contributed by atoms with van der Waals surface area (Å²) in [5.41, 5.74) is 0.867. The van der Waals surface area contributed by atoms with Crippen LogP contribution in [0.5, 0.6) is 0 Å². The average Bonchev–Trinajstić information content (AvgIpc) is 2.43. The second-order valence-corrected chi connectivity index (χ2v) is 6.02. The van der Waals surface area contributed by atoms with Crippen LogP contribution in [0.2, 0.25) is 5.02 Å². The monoisotopic (exact) mass is 316 g/mol. The summed E-state index contributed by atoms with van der Waals surface area (Å²) >= 11 is 7.66. The smallest absolute Gasteiger partial charge is 0.288 e. The molecular weight excluding hydrogens is 296 g/mol. The van der Waals surface area contributed by atoms with Gasteiger partial charge in [0.25, 0.3) is 5.69 Å². The van der Waals surface area contributed by atoms with Gasteiger partial charge >= 0.3 is 0 Å². The van der Waals surface area contributed by atoms with Crippen molar-refractivity contribution in [3.05, 3.63) is 38.9 Å². The van der Waals surface area contributed by atoms with E-state index >= 15 is 0 Å². The molecule has 0 spiro atoms. The summed E-state index contributed by atoms with van der Waals surface area (Å²) < 4.78 is 0. The van der Waals surface area contributed by atoms with E-state index in [0.29, 0.717) is 6.54 Å². The average molecular weight is 317 g/mol. The number of hydrogen-bond donors (Lipinski definition) is 1. The Bertz CT molecular complexity index is 430. The quantitative estimate of drug-likeness (QED) is 0.398. The maximum absolute atomic E-state index is 10.8. The van der Waals surface area contributed by atoms with Gasteiger partial charge in [-0.1, -0.05) is 30.5 Å². The standard InChI is InChI=1S/C14H21ClN2O2S/c1-20-9-5-3-2-4-8-16-11-12-6-7-13(15)14(10-12)17(18)19/h6-7,10,16H,2-5,8-9,11H2,1H3. The summed E-state index contributed by atoms with van der Waals surface area (Å²) in [7, 11) is 0. The first-order valence-electron chi connectivity index (χ1n) is 6.77. The van der Waals surface area contributed by atoms with Gasteiger partial charge in [0.2, 0.25) is 0 Å². The van der Waals surface area contributed by atoms with E-state index in [1.165, 1.54) is 31.1 Å². The Morgan fingerprint density at radius 3 is 2.75 bits per heavy atom. The Morgan fingerprint density at radius 1 is 1.30 bits per heavy atom. The van der Waals surface area contributed by atoms with Crippen molar-refractivity contribution in [2.24, 2.45) is 0 Å².